The van der Waals surface area contributed by atoms with Crippen LogP contribution in [-0.4, -0.2) is 36.1 Å². The lowest BCUT2D eigenvalue weighted by Gasteiger charge is -2.47. The van der Waals surface area contributed by atoms with E-state index in [-0.39, 0.29) is 0 Å². The van der Waals surface area contributed by atoms with Crippen molar-refractivity contribution in [2.24, 2.45) is 0 Å². The highest BCUT2D eigenvalue weighted by atomic mass is 15.3. The zero-order chi connectivity index (χ0) is 9.97. The van der Waals surface area contributed by atoms with Gasteiger partial charge in [0.15, 0.2) is 0 Å². The Balaban J connectivity index is 1.93. The van der Waals surface area contributed by atoms with Crippen LogP contribution in [0.25, 0.3) is 0 Å². The van der Waals surface area contributed by atoms with Gasteiger partial charge in [0.2, 0.25) is 0 Å². The maximum Gasteiger partial charge on any atom is 0.0221 e. The number of nitrogens with zero attached hydrogens (tertiary/aromatic N) is 1. The number of rotatable bonds is 3. The minimum Gasteiger partial charge on any atom is -0.311 e. The standard InChI is InChI=1S/C12H24N2/c1-3-10-9-14(12-6-5-7-12)11(4-2)8-13-10/h10-13H,3-9H2,1-2H3. The van der Waals surface area contributed by atoms with E-state index in [4.69, 9.17) is 0 Å². The van der Waals surface area contributed by atoms with Crippen molar-refractivity contribution in [1.29, 1.82) is 0 Å². The summed E-state index contributed by atoms with van der Waals surface area (Å²) in [7, 11) is 0. The Hall–Kier alpha value is -0.0800. The van der Waals surface area contributed by atoms with Crippen LogP contribution in [0.4, 0.5) is 0 Å². The highest BCUT2D eigenvalue weighted by Crippen LogP contribution is 2.28. The van der Waals surface area contributed by atoms with Gasteiger partial charge >= 0.3 is 0 Å². The molecule has 0 radical (unpaired) electrons. The van der Waals surface area contributed by atoms with Crippen molar-refractivity contribution in [3.63, 3.8) is 0 Å². The van der Waals surface area contributed by atoms with Crippen LogP contribution < -0.4 is 5.32 Å². The first-order chi connectivity index (χ1) is 6.85. The molecule has 1 saturated heterocycles. The van der Waals surface area contributed by atoms with Crippen LogP contribution >= 0.6 is 0 Å². The highest BCUT2D eigenvalue weighted by molar-refractivity contribution is 4.91. The van der Waals surface area contributed by atoms with Crippen molar-refractivity contribution in [1.82, 2.24) is 10.2 Å². The molecule has 2 nitrogen and oxygen atoms in total. The van der Waals surface area contributed by atoms with Crippen molar-refractivity contribution in [2.45, 2.75) is 64.1 Å². The molecule has 2 unspecified atom stereocenters. The summed E-state index contributed by atoms with van der Waals surface area (Å²) < 4.78 is 0. The molecular weight excluding hydrogens is 172 g/mol. The van der Waals surface area contributed by atoms with Gasteiger partial charge in [-0.1, -0.05) is 20.3 Å². The number of nitrogens with one attached hydrogen (secondary N) is 1. The van der Waals surface area contributed by atoms with Crippen molar-refractivity contribution in [2.75, 3.05) is 13.1 Å². The predicted octanol–water partition coefficient (Wildman–Crippen LogP) is 2.00. The monoisotopic (exact) mass is 196 g/mol. The van der Waals surface area contributed by atoms with Crippen molar-refractivity contribution >= 4 is 0 Å². The SMILES string of the molecule is CCC1CN(C2CCC2)C(CC)CN1. The van der Waals surface area contributed by atoms with Gasteiger partial charge in [0, 0.05) is 31.2 Å². The van der Waals surface area contributed by atoms with Crippen molar-refractivity contribution in [3.8, 4) is 0 Å². The fraction of sp³-hybridized carbons (Fsp3) is 1.00. The number of hydrogen-bond donors (Lipinski definition) is 1. The van der Waals surface area contributed by atoms with Gasteiger partial charge in [0.1, 0.15) is 0 Å². The van der Waals surface area contributed by atoms with Gasteiger partial charge in [0.25, 0.3) is 0 Å². The molecule has 0 aromatic heterocycles. The third-order valence-electron chi connectivity index (χ3n) is 4.05. The van der Waals surface area contributed by atoms with E-state index in [1.54, 1.807) is 0 Å². The van der Waals surface area contributed by atoms with Crippen LogP contribution in [0.5, 0.6) is 0 Å². The molecule has 0 aromatic carbocycles. The third-order valence-corrected chi connectivity index (χ3v) is 4.05. The fourth-order valence-corrected chi connectivity index (χ4v) is 2.71. The molecule has 0 spiro atoms. The molecule has 82 valence electrons. The van der Waals surface area contributed by atoms with Gasteiger partial charge in [0.05, 0.1) is 0 Å². The van der Waals surface area contributed by atoms with Crippen molar-refractivity contribution < 1.29 is 0 Å². The molecular formula is C12H24N2. The molecule has 0 aromatic rings. The minimum absolute atomic E-state index is 0.749. The Bertz CT molecular complexity index is 177. The molecule has 1 saturated carbocycles. The maximum absolute atomic E-state index is 3.66. The largest absolute Gasteiger partial charge is 0.311 e. The van der Waals surface area contributed by atoms with E-state index in [9.17, 15) is 0 Å². The average molecular weight is 196 g/mol. The summed E-state index contributed by atoms with van der Waals surface area (Å²) in [4.78, 5) is 2.79. The quantitative estimate of drug-likeness (QED) is 0.743. The second kappa shape index (κ2) is 4.63. The molecule has 2 aliphatic rings. The van der Waals surface area contributed by atoms with Crippen LogP contribution in [0.2, 0.25) is 0 Å². The van der Waals surface area contributed by atoms with E-state index in [0.717, 1.165) is 18.1 Å². The van der Waals surface area contributed by atoms with E-state index in [0.29, 0.717) is 0 Å². The average Bonchev–Trinajstić information content (AvgIpc) is 2.15. The van der Waals surface area contributed by atoms with E-state index >= 15 is 0 Å². The zero-order valence-corrected chi connectivity index (χ0v) is 9.63. The first-order valence-corrected chi connectivity index (χ1v) is 6.34. The Morgan fingerprint density at radius 1 is 1.21 bits per heavy atom. The maximum atomic E-state index is 3.66. The van der Waals surface area contributed by atoms with E-state index in [1.165, 1.54) is 45.2 Å². The lowest BCUT2D eigenvalue weighted by molar-refractivity contribution is 0.0398. The molecule has 2 fully saturated rings. The molecule has 2 heteroatoms. The van der Waals surface area contributed by atoms with Gasteiger partial charge in [-0.2, -0.15) is 0 Å². The fourth-order valence-electron chi connectivity index (χ4n) is 2.71. The smallest absolute Gasteiger partial charge is 0.0221 e. The van der Waals surface area contributed by atoms with Crippen molar-refractivity contribution in [3.05, 3.63) is 0 Å². The first kappa shape index (κ1) is 10.4. The Morgan fingerprint density at radius 2 is 2.00 bits per heavy atom. The molecule has 1 N–H and O–H groups in total. The van der Waals surface area contributed by atoms with Gasteiger partial charge in [-0.05, 0) is 25.7 Å². The summed E-state index contributed by atoms with van der Waals surface area (Å²) in [6.45, 7) is 7.12. The number of piperazine rings is 1. The zero-order valence-electron chi connectivity index (χ0n) is 9.63. The molecule has 2 rings (SSSR count). The summed E-state index contributed by atoms with van der Waals surface area (Å²) >= 11 is 0. The molecule has 0 amide bonds. The van der Waals surface area contributed by atoms with Crippen LogP contribution in [0.3, 0.4) is 0 Å². The van der Waals surface area contributed by atoms with Gasteiger partial charge in [-0.15, -0.1) is 0 Å². The summed E-state index contributed by atoms with van der Waals surface area (Å²) in [5.41, 5.74) is 0. The van der Waals surface area contributed by atoms with Gasteiger partial charge in [-0.3, -0.25) is 4.90 Å². The first-order valence-electron chi connectivity index (χ1n) is 6.34. The second-order valence-corrected chi connectivity index (χ2v) is 4.86. The summed E-state index contributed by atoms with van der Waals surface area (Å²) in [6, 6.07) is 2.48. The van der Waals surface area contributed by atoms with E-state index in [2.05, 4.69) is 24.1 Å². The molecule has 1 aliphatic heterocycles. The lowest BCUT2D eigenvalue weighted by Crippen LogP contribution is -2.60. The Morgan fingerprint density at radius 3 is 2.50 bits per heavy atom. The molecule has 0 bridgehead atoms. The Kier molecular flexibility index (Phi) is 3.45. The van der Waals surface area contributed by atoms with E-state index < -0.39 is 0 Å². The third kappa shape index (κ3) is 1.96. The predicted molar refractivity (Wildman–Crippen MR) is 60.5 cm³/mol. The summed E-state index contributed by atoms with van der Waals surface area (Å²) in [5, 5.41) is 3.66. The molecule has 1 aliphatic carbocycles. The van der Waals surface area contributed by atoms with Gasteiger partial charge in [-0.25, -0.2) is 0 Å². The Labute approximate surface area is 88.1 Å². The van der Waals surface area contributed by atoms with E-state index in [1.807, 2.05) is 0 Å². The molecule has 14 heavy (non-hydrogen) atoms. The van der Waals surface area contributed by atoms with Crippen LogP contribution in [0.1, 0.15) is 46.0 Å². The summed E-state index contributed by atoms with van der Waals surface area (Å²) in [6.07, 6.45) is 6.95. The van der Waals surface area contributed by atoms with Gasteiger partial charge < -0.3 is 5.32 Å². The molecule has 1 heterocycles. The van der Waals surface area contributed by atoms with Crippen LogP contribution in [0, 0.1) is 0 Å². The highest BCUT2D eigenvalue weighted by Gasteiger charge is 2.33. The normalized spacial score (nSPS) is 35.6. The van der Waals surface area contributed by atoms with Crippen LogP contribution in [-0.2, 0) is 0 Å². The molecule has 2 atom stereocenters. The minimum atomic E-state index is 0.749. The number of hydrogen-bond acceptors (Lipinski definition) is 2. The lowest BCUT2D eigenvalue weighted by atomic mass is 9.88. The summed E-state index contributed by atoms with van der Waals surface area (Å²) in [5.74, 6) is 0. The topological polar surface area (TPSA) is 15.3 Å². The second-order valence-electron chi connectivity index (χ2n) is 4.86. The van der Waals surface area contributed by atoms with Crippen LogP contribution in [0.15, 0.2) is 0 Å².